The molecule has 0 saturated carbocycles. The summed E-state index contributed by atoms with van der Waals surface area (Å²) >= 11 is 0. The Balaban J connectivity index is 1.76. The lowest BCUT2D eigenvalue weighted by molar-refractivity contribution is -0.385. The molecule has 0 aromatic heterocycles. The van der Waals surface area contributed by atoms with Crippen molar-refractivity contribution in [3.05, 3.63) is 75.4 Å². The molecule has 2 aliphatic rings. The fraction of sp³-hybridized carbons (Fsp3) is 0.333. The SMILES string of the molecule is Cc1cc([N+](=O)[O-])cc2c1NC(c1ccc(N(C)C)cc1)C1CC=CC21. The first kappa shape index (κ1) is 16.6. The number of nitro benzene ring substituents is 1. The number of nitrogens with one attached hydrogen (secondary N) is 1. The summed E-state index contributed by atoms with van der Waals surface area (Å²) in [6, 6.07) is 12.3. The predicted molar refractivity (Wildman–Crippen MR) is 105 cm³/mol. The molecule has 4 rings (SSSR count). The van der Waals surface area contributed by atoms with Crippen LogP contribution in [0.5, 0.6) is 0 Å². The molecule has 2 aromatic rings. The first-order valence-electron chi connectivity index (χ1n) is 8.95. The summed E-state index contributed by atoms with van der Waals surface area (Å²) in [7, 11) is 4.08. The van der Waals surface area contributed by atoms with E-state index in [1.54, 1.807) is 12.1 Å². The summed E-state index contributed by atoms with van der Waals surface area (Å²) in [6.45, 7) is 1.95. The zero-order valence-electron chi connectivity index (χ0n) is 15.3. The first-order chi connectivity index (χ1) is 12.5. The Hall–Kier alpha value is -2.82. The molecule has 3 atom stereocenters. The van der Waals surface area contributed by atoms with Gasteiger partial charge in [-0.25, -0.2) is 0 Å². The van der Waals surface area contributed by atoms with E-state index in [1.807, 2.05) is 21.0 Å². The minimum absolute atomic E-state index is 0.177. The van der Waals surface area contributed by atoms with Gasteiger partial charge in [0.15, 0.2) is 0 Å². The van der Waals surface area contributed by atoms with Gasteiger partial charge in [-0.1, -0.05) is 24.3 Å². The van der Waals surface area contributed by atoms with E-state index < -0.39 is 0 Å². The van der Waals surface area contributed by atoms with Crippen LogP contribution < -0.4 is 10.2 Å². The molecule has 1 aliphatic heterocycles. The molecular weight excluding hydrogens is 326 g/mol. The normalized spacial score (nSPS) is 23.1. The number of allylic oxidation sites excluding steroid dienone is 2. The fourth-order valence-corrected chi connectivity index (χ4v) is 4.28. The van der Waals surface area contributed by atoms with Gasteiger partial charge in [-0.2, -0.15) is 0 Å². The predicted octanol–water partition coefficient (Wildman–Crippen LogP) is 4.80. The Bertz CT molecular complexity index is 887. The molecule has 134 valence electrons. The molecule has 1 aliphatic carbocycles. The van der Waals surface area contributed by atoms with Crippen molar-refractivity contribution in [1.82, 2.24) is 0 Å². The second-order valence-corrected chi connectivity index (χ2v) is 7.45. The van der Waals surface area contributed by atoms with Gasteiger partial charge in [0.25, 0.3) is 5.69 Å². The summed E-state index contributed by atoms with van der Waals surface area (Å²) in [5.41, 5.74) is 5.65. The van der Waals surface area contributed by atoms with Gasteiger partial charge in [0.2, 0.25) is 0 Å². The topological polar surface area (TPSA) is 58.4 Å². The number of non-ortho nitro benzene ring substituents is 1. The molecule has 26 heavy (non-hydrogen) atoms. The monoisotopic (exact) mass is 349 g/mol. The smallest absolute Gasteiger partial charge is 0.270 e. The van der Waals surface area contributed by atoms with Crippen LogP contribution in [0.2, 0.25) is 0 Å². The van der Waals surface area contributed by atoms with Crippen molar-refractivity contribution in [2.75, 3.05) is 24.3 Å². The third kappa shape index (κ3) is 2.64. The molecular formula is C21H23N3O2. The second-order valence-electron chi connectivity index (χ2n) is 7.45. The highest BCUT2D eigenvalue weighted by Gasteiger charge is 2.39. The third-order valence-corrected chi connectivity index (χ3v) is 5.63. The van der Waals surface area contributed by atoms with Crippen molar-refractivity contribution >= 4 is 17.1 Å². The van der Waals surface area contributed by atoms with Crippen LogP contribution in [-0.2, 0) is 0 Å². The molecule has 2 aromatic carbocycles. The van der Waals surface area contributed by atoms with Crippen LogP contribution in [0.1, 0.15) is 35.1 Å². The molecule has 1 heterocycles. The van der Waals surface area contributed by atoms with Crippen LogP contribution in [0.3, 0.4) is 0 Å². The quantitative estimate of drug-likeness (QED) is 0.491. The zero-order chi connectivity index (χ0) is 18.4. The molecule has 0 amide bonds. The van der Waals surface area contributed by atoms with Crippen molar-refractivity contribution in [2.45, 2.75) is 25.3 Å². The van der Waals surface area contributed by atoms with Crippen molar-refractivity contribution in [2.24, 2.45) is 5.92 Å². The molecule has 0 bridgehead atoms. The number of benzene rings is 2. The number of rotatable bonds is 3. The lowest BCUT2D eigenvalue weighted by Crippen LogP contribution is -2.29. The average molecular weight is 349 g/mol. The highest BCUT2D eigenvalue weighted by molar-refractivity contribution is 5.67. The molecule has 5 nitrogen and oxygen atoms in total. The largest absolute Gasteiger partial charge is 0.378 e. The van der Waals surface area contributed by atoms with E-state index in [-0.39, 0.29) is 22.6 Å². The number of nitrogens with zero attached hydrogens (tertiary/aromatic N) is 2. The van der Waals surface area contributed by atoms with Crippen molar-refractivity contribution in [3.63, 3.8) is 0 Å². The first-order valence-corrected chi connectivity index (χ1v) is 8.95. The molecule has 0 fully saturated rings. The Morgan fingerprint density at radius 1 is 1.19 bits per heavy atom. The lowest BCUT2D eigenvalue weighted by atomic mass is 9.76. The maximum Gasteiger partial charge on any atom is 0.270 e. The standard InChI is InChI=1S/C21H23N3O2/c1-13-11-16(24(25)26)12-19-17-5-4-6-18(17)21(22-20(13)19)14-7-9-15(10-8-14)23(2)3/h4-5,7-12,17-18,21-22H,6H2,1-3H3. The van der Waals surface area contributed by atoms with E-state index in [0.29, 0.717) is 5.92 Å². The molecule has 3 unspecified atom stereocenters. The van der Waals surface area contributed by atoms with E-state index in [4.69, 9.17) is 0 Å². The van der Waals surface area contributed by atoms with E-state index in [9.17, 15) is 10.1 Å². The molecule has 0 saturated heterocycles. The minimum atomic E-state index is -0.299. The lowest BCUT2D eigenvalue weighted by Gasteiger charge is -2.38. The van der Waals surface area contributed by atoms with Crippen molar-refractivity contribution in [3.8, 4) is 0 Å². The number of nitro groups is 1. The van der Waals surface area contributed by atoms with E-state index >= 15 is 0 Å². The fourth-order valence-electron chi connectivity index (χ4n) is 4.28. The van der Waals surface area contributed by atoms with Crippen LogP contribution in [-0.4, -0.2) is 19.0 Å². The van der Waals surface area contributed by atoms with Crippen LogP contribution in [0, 0.1) is 23.0 Å². The number of hydrogen-bond acceptors (Lipinski definition) is 4. The van der Waals surface area contributed by atoms with Crippen molar-refractivity contribution < 1.29 is 4.92 Å². The highest BCUT2D eigenvalue weighted by Crippen LogP contribution is 2.51. The van der Waals surface area contributed by atoms with Crippen LogP contribution >= 0.6 is 0 Å². The van der Waals surface area contributed by atoms with Crippen molar-refractivity contribution in [1.29, 1.82) is 0 Å². The second kappa shape index (κ2) is 6.16. The van der Waals surface area contributed by atoms with Crippen LogP contribution in [0.15, 0.2) is 48.6 Å². The van der Waals surface area contributed by atoms with Gasteiger partial charge in [-0.05, 0) is 48.1 Å². The minimum Gasteiger partial charge on any atom is -0.378 e. The van der Waals surface area contributed by atoms with Gasteiger partial charge in [-0.15, -0.1) is 0 Å². The maximum atomic E-state index is 11.3. The van der Waals surface area contributed by atoms with Crippen LogP contribution in [0.4, 0.5) is 17.1 Å². The molecule has 0 spiro atoms. The Morgan fingerprint density at radius 3 is 2.58 bits per heavy atom. The van der Waals surface area contributed by atoms with E-state index in [1.165, 1.54) is 11.3 Å². The van der Waals surface area contributed by atoms with Gasteiger partial charge in [0, 0.05) is 43.5 Å². The highest BCUT2D eigenvalue weighted by atomic mass is 16.6. The third-order valence-electron chi connectivity index (χ3n) is 5.63. The number of aryl methyl sites for hydroxylation is 1. The summed E-state index contributed by atoms with van der Waals surface area (Å²) in [5, 5.41) is 15.0. The van der Waals surface area contributed by atoms with Gasteiger partial charge in [0.05, 0.1) is 11.0 Å². The Kier molecular flexibility index (Phi) is 3.94. The summed E-state index contributed by atoms with van der Waals surface area (Å²) < 4.78 is 0. The number of fused-ring (bicyclic) bond motifs is 3. The Morgan fingerprint density at radius 2 is 1.92 bits per heavy atom. The molecule has 0 radical (unpaired) electrons. The maximum absolute atomic E-state index is 11.3. The number of hydrogen-bond donors (Lipinski definition) is 1. The van der Waals surface area contributed by atoms with Gasteiger partial charge in [-0.3, -0.25) is 10.1 Å². The number of anilines is 2. The average Bonchev–Trinajstić information content (AvgIpc) is 3.11. The zero-order valence-corrected chi connectivity index (χ0v) is 15.3. The van der Waals surface area contributed by atoms with E-state index in [0.717, 1.165) is 23.2 Å². The van der Waals surface area contributed by atoms with Gasteiger partial charge in [0.1, 0.15) is 0 Å². The Labute approximate surface area is 153 Å². The molecule has 1 N–H and O–H groups in total. The van der Waals surface area contributed by atoms with Gasteiger partial charge < -0.3 is 10.2 Å². The summed E-state index contributed by atoms with van der Waals surface area (Å²) in [4.78, 5) is 13.1. The summed E-state index contributed by atoms with van der Waals surface area (Å²) in [6.07, 6.45) is 5.41. The summed E-state index contributed by atoms with van der Waals surface area (Å²) in [5.74, 6) is 0.609. The van der Waals surface area contributed by atoms with Crippen LogP contribution in [0.25, 0.3) is 0 Å². The van der Waals surface area contributed by atoms with E-state index in [2.05, 4.69) is 46.6 Å². The molecule has 5 heteroatoms. The van der Waals surface area contributed by atoms with Gasteiger partial charge >= 0.3 is 0 Å².